The zero-order chi connectivity index (χ0) is 16.8. The van der Waals surface area contributed by atoms with E-state index in [1.165, 1.54) is 32.1 Å². The highest BCUT2D eigenvalue weighted by Gasteiger charge is 2.31. The first-order valence-electron chi connectivity index (χ1n) is 8.30. The molecule has 0 aliphatic heterocycles. The summed E-state index contributed by atoms with van der Waals surface area (Å²) in [5, 5.41) is 37.2. The van der Waals surface area contributed by atoms with Gasteiger partial charge < -0.3 is 30.0 Å². The van der Waals surface area contributed by atoms with E-state index < -0.39 is 31.0 Å². The van der Waals surface area contributed by atoms with Gasteiger partial charge in [0.25, 0.3) is 0 Å². The van der Waals surface area contributed by atoms with Gasteiger partial charge in [-0.2, -0.15) is 0 Å². The van der Waals surface area contributed by atoms with E-state index in [0.29, 0.717) is 12.9 Å². The molecule has 0 bridgehead atoms. The van der Waals surface area contributed by atoms with Crippen molar-refractivity contribution in [2.75, 3.05) is 13.2 Å². The van der Waals surface area contributed by atoms with Crippen molar-refractivity contribution in [3.8, 4) is 0 Å². The number of carbonyl (C=O) groups is 1. The third-order valence-corrected chi connectivity index (χ3v) is 3.71. The first-order valence-corrected chi connectivity index (χ1v) is 8.30. The molecule has 0 aromatic carbocycles. The molecule has 0 fully saturated rings. The normalized spacial score (nSPS) is 17.0. The van der Waals surface area contributed by atoms with E-state index in [9.17, 15) is 20.1 Å². The molecule has 6 heteroatoms. The summed E-state index contributed by atoms with van der Waals surface area (Å²) in [5.74, 6) is 0. The Morgan fingerprint density at radius 3 is 1.95 bits per heavy atom. The van der Waals surface area contributed by atoms with Crippen molar-refractivity contribution in [2.45, 2.75) is 82.7 Å². The third kappa shape index (κ3) is 9.48. The third-order valence-electron chi connectivity index (χ3n) is 3.71. The number of ether oxygens (including phenoxy) is 1. The fraction of sp³-hybridized carbons (Fsp3) is 0.938. The molecule has 0 radical (unpaired) electrons. The van der Waals surface area contributed by atoms with Crippen molar-refractivity contribution in [2.24, 2.45) is 0 Å². The maximum Gasteiger partial charge on any atom is 0.151 e. The van der Waals surface area contributed by atoms with E-state index in [0.717, 1.165) is 19.3 Å². The molecule has 0 rings (SSSR count). The summed E-state index contributed by atoms with van der Waals surface area (Å²) in [4.78, 5) is 10.9. The molecule has 132 valence electrons. The largest absolute Gasteiger partial charge is 0.394 e. The van der Waals surface area contributed by atoms with Crippen LogP contribution in [0.2, 0.25) is 0 Å². The molecule has 0 saturated heterocycles. The Labute approximate surface area is 133 Å². The molecule has 0 unspecified atom stereocenters. The van der Waals surface area contributed by atoms with Crippen LogP contribution in [-0.2, 0) is 9.53 Å². The predicted octanol–water partition coefficient (Wildman–Crippen LogP) is 0.786. The Hall–Kier alpha value is -0.530. The summed E-state index contributed by atoms with van der Waals surface area (Å²) >= 11 is 0. The van der Waals surface area contributed by atoms with Crippen molar-refractivity contribution in [3.05, 3.63) is 0 Å². The van der Waals surface area contributed by atoms with Crippen molar-refractivity contribution in [3.63, 3.8) is 0 Å². The average Bonchev–Trinajstić information content (AvgIpc) is 2.54. The van der Waals surface area contributed by atoms with Gasteiger partial charge in [-0.05, 0) is 6.42 Å². The van der Waals surface area contributed by atoms with Gasteiger partial charge in [-0.25, -0.2) is 0 Å². The number of hydrogen-bond donors (Lipinski definition) is 4. The molecule has 4 N–H and O–H groups in total. The Bertz CT molecular complexity index is 261. The van der Waals surface area contributed by atoms with Gasteiger partial charge in [-0.1, -0.05) is 51.9 Å². The van der Waals surface area contributed by atoms with E-state index in [4.69, 9.17) is 9.84 Å². The summed E-state index contributed by atoms with van der Waals surface area (Å²) < 4.78 is 5.24. The van der Waals surface area contributed by atoms with E-state index in [-0.39, 0.29) is 0 Å². The van der Waals surface area contributed by atoms with Crippen molar-refractivity contribution in [1.29, 1.82) is 0 Å². The fourth-order valence-electron chi connectivity index (χ4n) is 2.20. The minimum atomic E-state index is -1.61. The van der Waals surface area contributed by atoms with Crippen LogP contribution in [0.1, 0.15) is 58.3 Å². The molecule has 0 aliphatic carbocycles. The minimum Gasteiger partial charge on any atom is -0.394 e. The van der Waals surface area contributed by atoms with Crippen LogP contribution in [0.15, 0.2) is 0 Å². The zero-order valence-electron chi connectivity index (χ0n) is 13.6. The molecule has 22 heavy (non-hydrogen) atoms. The predicted molar refractivity (Wildman–Crippen MR) is 83.5 cm³/mol. The van der Waals surface area contributed by atoms with E-state index >= 15 is 0 Å². The summed E-state index contributed by atoms with van der Waals surface area (Å²) in [5.41, 5.74) is 0. The number of carbonyl (C=O) groups excluding carboxylic acids is 1. The van der Waals surface area contributed by atoms with Crippen LogP contribution in [-0.4, -0.2) is 64.3 Å². The number of aldehydes is 1. The molecular weight excluding hydrogens is 288 g/mol. The van der Waals surface area contributed by atoms with Gasteiger partial charge in [-0.3, -0.25) is 0 Å². The lowest BCUT2D eigenvalue weighted by molar-refractivity contribution is -0.146. The molecule has 6 nitrogen and oxygen atoms in total. The Morgan fingerprint density at radius 2 is 1.45 bits per heavy atom. The van der Waals surface area contributed by atoms with Gasteiger partial charge in [0.05, 0.1) is 6.61 Å². The fourth-order valence-corrected chi connectivity index (χ4v) is 2.20. The quantitative estimate of drug-likeness (QED) is 0.262. The van der Waals surface area contributed by atoms with Crippen LogP contribution >= 0.6 is 0 Å². The SMILES string of the molecule is CCCCCCCCCCO[C@@H](C=O)[C@@H](O)[C@H](O)[C@H](O)CO. The summed E-state index contributed by atoms with van der Waals surface area (Å²) in [6, 6.07) is 0. The maximum absolute atomic E-state index is 10.9. The van der Waals surface area contributed by atoms with E-state index in [1.54, 1.807) is 0 Å². The number of aliphatic hydroxyl groups excluding tert-OH is 4. The number of rotatable bonds is 15. The topological polar surface area (TPSA) is 107 Å². The Morgan fingerprint density at radius 1 is 0.909 bits per heavy atom. The highest BCUT2D eigenvalue weighted by Crippen LogP contribution is 2.10. The van der Waals surface area contributed by atoms with Crippen LogP contribution in [0.3, 0.4) is 0 Å². The Kier molecular flexibility index (Phi) is 13.7. The first-order chi connectivity index (χ1) is 10.6. The van der Waals surface area contributed by atoms with Gasteiger partial charge in [0.15, 0.2) is 6.29 Å². The second kappa shape index (κ2) is 14.1. The number of aliphatic hydroxyl groups is 4. The average molecular weight is 320 g/mol. The summed E-state index contributed by atoms with van der Waals surface area (Å²) in [7, 11) is 0. The molecule has 0 aliphatic rings. The molecule has 0 aromatic heterocycles. The Balaban J connectivity index is 3.75. The standard InChI is InChI=1S/C16H32O6/c1-2-3-4-5-6-7-8-9-10-22-14(12-18)16(21)15(20)13(19)11-17/h12-17,19-21H,2-11H2,1H3/t13-,14+,15-,16-/m1/s1. The molecule has 0 saturated carbocycles. The molecule has 0 heterocycles. The van der Waals surface area contributed by atoms with Gasteiger partial charge in [0.2, 0.25) is 0 Å². The lowest BCUT2D eigenvalue weighted by Crippen LogP contribution is -2.47. The van der Waals surface area contributed by atoms with Crippen molar-refractivity contribution in [1.82, 2.24) is 0 Å². The first kappa shape index (κ1) is 21.5. The summed E-state index contributed by atoms with van der Waals surface area (Å²) in [6.07, 6.45) is 3.69. The highest BCUT2D eigenvalue weighted by atomic mass is 16.5. The van der Waals surface area contributed by atoms with Crippen LogP contribution in [0.25, 0.3) is 0 Å². The molecular formula is C16H32O6. The van der Waals surface area contributed by atoms with Gasteiger partial charge >= 0.3 is 0 Å². The number of hydrogen-bond acceptors (Lipinski definition) is 6. The van der Waals surface area contributed by atoms with Gasteiger partial charge in [0, 0.05) is 6.61 Å². The van der Waals surface area contributed by atoms with Crippen LogP contribution in [0.4, 0.5) is 0 Å². The smallest absolute Gasteiger partial charge is 0.151 e. The molecule has 0 spiro atoms. The molecule has 0 aromatic rings. The van der Waals surface area contributed by atoms with Crippen LogP contribution in [0, 0.1) is 0 Å². The lowest BCUT2D eigenvalue weighted by Gasteiger charge is -2.25. The zero-order valence-corrected chi connectivity index (χ0v) is 13.6. The van der Waals surface area contributed by atoms with Crippen molar-refractivity contribution >= 4 is 6.29 Å². The summed E-state index contributed by atoms with van der Waals surface area (Å²) in [6.45, 7) is 1.81. The monoisotopic (exact) mass is 320 g/mol. The minimum absolute atomic E-state index is 0.317. The highest BCUT2D eigenvalue weighted by molar-refractivity contribution is 5.57. The lowest BCUT2D eigenvalue weighted by atomic mass is 10.0. The van der Waals surface area contributed by atoms with Crippen LogP contribution < -0.4 is 0 Å². The second-order valence-electron chi connectivity index (χ2n) is 5.68. The van der Waals surface area contributed by atoms with Gasteiger partial charge in [0.1, 0.15) is 24.4 Å². The number of unbranched alkanes of at least 4 members (excludes halogenated alkanes) is 7. The van der Waals surface area contributed by atoms with E-state index in [2.05, 4.69) is 6.92 Å². The van der Waals surface area contributed by atoms with Crippen molar-refractivity contribution < 1.29 is 30.0 Å². The molecule has 0 amide bonds. The maximum atomic E-state index is 10.9. The van der Waals surface area contributed by atoms with Gasteiger partial charge in [-0.15, -0.1) is 0 Å². The van der Waals surface area contributed by atoms with Crippen LogP contribution in [0.5, 0.6) is 0 Å². The van der Waals surface area contributed by atoms with E-state index in [1.807, 2.05) is 0 Å². The second-order valence-corrected chi connectivity index (χ2v) is 5.68. The molecule has 4 atom stereocenters.